The first-order chi connectivity index (χ1) is 6.24. The first kappa shape index (κ1) is 9.98. The fraction of sp³-hybridized carbons (Fsp3) is 0.636. The Labute approximate surface area is 78.7 Å². The number of hydrogen-bond acceptors (Lipinski definition) is 2. The van der Waals surface area contributed by atoms with Crippen LogP contribution in [0, 0.1) is 18.3 Å². The maximum atomic E-state index is 11.3. The number of hydrogen-bond donors (Lipinski definition) is 0. The maximum Gasteiger partial charge on any atom is 0.143 e. The number of carbonyl (C=O) groups excluding carboxylic acids is 2. The second-order valence-electron chi connectivity index (χ2n) is 3.51. The van der Waals surface area contributed by atoms with Gasteiger partial charge in [-0.1, -0.05) is 0 Å². The summed E-state index contributed by atoms with van der Waals surface area (Å²) in [6.45, 7) is 0. The Morgan fingerprint density at radius 3 is 2.85 bits per heavy atom. The van der Waals surface area contributed by atoms with Gasteiger partial charge in [0.25, 0.3) is 0 Å². The van der Waals surface area contributed by atoms with Crippen LogP contribution in [0.1, 0.15) is 38.5 Å². The highest BCUT2D eigenvalue weighted by molar-refractivity contribution is 6.02. The summed E-state index contributed by atoms with van der Waals surface area (Å²) in [5.74, 6) is 2.87. The van der Waals surface area contributed by atoms with Gasteiger partial charge < -0.3 is 0 Å². The predicted octanol–water partition coefficient (Wildman–Crippen LogP) is 1.73. The summed E-state index contributed by atoms with van der Waals surface area (Å²) in [5, 5.41) is 0. The summed E-state index contributed by atoms with van der Waals surface area (Å²) in [4.78, 5) is 22.2. The zero-order valence-electron chi connectivity index (χ0n) is 7.71. The first-order valence-electron chi connectivity index (χ1n) is 4.72. The Hall–Kier alpha value is -1.10. The third-order valence-corrected chi connectivity index (χ3v) is 2.47. The van der Waals surface area contributed by atoms with Crippen molar-refractivity contribution in [2.24, 2.45) is 5.92 Å². The molecule has 1 fully saturated rings. The van der Waals surface area contributed by atoms with Crippen molar-refractivity contribution in [3.63, 3.8) is 0 Å². The Morgan fingerprint density at radius 2 is 2.23 bits per heavy atom. The Morgan fingerprint density at radius 1 is 1.46 bits per heavy atom. The van der Waals surface area contributed by atoms with Crippen LogP contribution in [-0.4, -0.2) is 11.6 Å². The van der Waals surface area contributed by atoms with Crippen LogP contribution in [0.5, 0.6) is 0 Å². The van der Waals surface area contributed by atoms with E-state index in [0.29, 0.717) is 6.42 Å². The molecule has 0 aliphatic heterocycles. The third-order valence-electron chi connectivity index (χ3n) is 2.47. The molecule has 1 rings (SSSR count). The molecule has 1 aliphatic carbocycles. The zero-order chi connectivity index (χ0) is 9.68. The van der Waals surface area contributed by atoms with Crippen LogP contribution in [0.15, 0.2) is 0 Å². The van der Waals surface area contributed by atoms with Crippen LogP contribution in [0.2, 0.25) is 0 Å². The summed E-state index contributed by atoms with van der Waals surface area (Å²) in [7, 11) is 0. The van der Waals surface area contributed by atoms with Gasteiger partial charge in [0.05, 0.1) is 6.42 Å². The molecule has 1 aliphatic rings. The van der Waals surface area contributed by atoms with Gasteiger partial charge in [0.15, 0.2) is 0 Å². The van der Waals surface area contributed by atoms with Crippen LogP contribution in [-0.2, 0) is 9.59 Å². The summed E-state index contributed by atoms with van der Waals surface area (Å²) < 4.78 is 0. The van der Waals surface area contributed by atoms with Crippen molar-refractivity contribution in [1.29, 1.82) is 0 Å². The molecule has 0 bridgehead atoms. The number of carbonyl (C=O) groups is 2. The van der Waals surface area contributed by atoms with Crippen LogP contribution < -0.4 is 0 Å². The van der Waals surface area contributed by atoms with E-state index in [4.69, 9.17) is 6.42 Å². The molecule has 0 spiro atoms. The van der Waals surface area contributed by atoms with Crippen LogP contribution in [0.25, 0.3) is 0 Å². The average molecular weight is 178 g/mol. The SMILES string of the molecule is C#CCCCC1CCC(=O)CC1=O. The number of Topliss-reactive ketones (excluding diaryl/α,β-unsaturated/α-hetero) is 2. The van der Waals surface area contributed by atoms with E-state index in [9.17, 15) is 9.59 Å². The predicted molar refractivity (Wildman–Crippen MR) is 50.0 cm³/mol. The number of unbranched alkanes of at least 4 members (excludes halogenated alkanes) is 1. The molecule has 0 aromatic rings. The lowest BCUT2D eigenvalue weighted by Crippen LogP contribution is -2.24. The molecule has 0 aromatic heterocycles. The molecule has 1 saturated carbocycles. The minimum absolute atomic E-state index is 0.0956. The van der Waals surface area contributed by atoms with E-state index in [0.717, 1.165) is 25.7 Å². The van der Waals surface area contributed by atoms with Crippen molar-refractivity contribution in [2.45, 2.75) is 38.5 Å². The lowest BCUT2D eigenvalue weighted by Gasteiger charge is -2.18. The molecule has 1 atom stereocenters. The van der Waals surface area contributed by atoms with Gasteiger partial charge >= 0.3 is 0 Å². The average Bonchev–Trinajstić information content (AvgIpc) is 2.09. The normalized spacial score (nSPS) is 22.8. The van der Waals surface area contributed by atoms with Crippen molar-refractivity contribution >= 4 is 11.6 Å². The molecular formula is C11H14O2. The summed E-state index contributed by atoms with van der Waals surface area (Å²) in [6, 6.07) is 0. The topological polar surface area (TPSA) is 34.1 Å². The van der Waals surface area contributed by atoms with Gasteiger partial charge in [-0.05, 0) is 19.3 Å². The molecule has 0 N–H and O–H groups in total. The van der Waals surface area contributed by atoms with E-state index in [-0.39, 0.29) is 23.9 Å². The van der Waals surface area contributed by atoms with Gasteiger partial charge in [0.2, 0.25) is 0 Å². The zero-order valence-corrected chi connectivity index (χ0v) is 7.71. The fourth-order valence-corrected chi connectivity index (χ4v) is 1.68. The van der Waals surface area contributed by atoms with Crippen molar-refractivity contribution in [3.8, 4) is 12.3 Å². The maximum absolute atomic E-state index is 11.3. The molecule has 2 nitrogen and oxygen atoms in total. The molecule has 0 amide bonds. The fourth-order valence-electron chi connectivity index (χ4n) is 1.68. The lowest BCUT2D eigenvalue weighted by atomic mass is 9.84. The van der Waals surface area contributed by atoms with E-state index < -0.39 is 0 Å². The highest BCUT2D eigenvalue weighted by atomic mass is 16.1. The number of ketones is 2. The Kier molecular flexibility index (Phi) is 3.70. The summed E-state index contributed by atoms with van der Waals surface area (Å²) >= 11 is 0. The van der Waals surface area contributed by atoms with E-state index in [1.54, 1.807) is 0 Å². The molecule has 13 heavy (non-hydrogen) atoms. The molecular weight excluding hydrogens is 164 g/mol. The number of terminal acetylenes is 1. The monoisotopic (exact) mass is 178 g/mol. The lowest BCUT2D eigenvalue weighted by molar-refractivity contribution is -0.132. The summed E-state index contributed by atoms with van der Waals surface area (Å²) in [6.07, 6.45) is 9.07. The molecule has 0 aromatic carbocycles. The van der Waals surface area contributed by atoms with Crippen molar-refractivity contribution in [1.82, 2.24) is 0 Å². The van der Waals surface area contributed by atoms with Crippen LogP contribution in [0.4, 0.5) is 0 Å². The molecule has 2 heteroatoms. The van der Waals surface area contributed by atoms with Gasteiger partial charge in [-0.15, -0.1) is 12.3 Å². The van der Waals surface area contributed by atoms with E-state index in [2.05, 4.69) is 5.92 Å². The van der Waals surface area contributed by atoms with Gasteiger partial charge in [-0.2, -0.15) is 0 Å². The van der Waals surface area contributed by atoms with Crippen LogP contribution >= 0.6 is 0 Å². The van der Waals surface area contributed by atoms with Crippen molar-refractivity contribution in [3.05, 3.63) is 0 Å². The minimum atomic E-state index is 0.0956. The smallest absolute Gasteiger partial charge is 0.143 e. The third kappa shape index (κ3) is 3.02. The first-order valence-corrected chi connectivity index (χ1v) is 4.72. The Bertz CT molecular complexity index is 247. The molecule has 0 radical (unpaired) electrons. The van der Waals surface area contributed by atoms with Gasteiger partial charge in [-0.3, -0.25) is 9.59 Å². The van der Waals surface area contributed by atoms with Crippen molar-refractivity contribution < 1.29 is 9.59 Å². The standard InChI is InChI=1S/C11H14O2/c1-2-3-4-5-9-6-7-10(12)8-11(9)13/h1,9H,3-8H2. The van der Waals surface area contributed by atoms with Crippen molar-refractivity contribution in [2.75, 3.05) is 0 Å². The number of rotatable bonds is 3. The van der Waals surface area contributed by atoms with E-state index >= 15 is 0 Å². The van der Waals surface area contributed by atoms with Crippen LogP contribution in [0.3, 0.4) is 0 Å². The molecule has 0 saturated heterocycles. The molecule has 1 unspecified atom stereocenters. The largest absolute Gasteiger partial charge is 0.299 e. The van der Waals surface area contributed by atoms with Gasteiger partial charge in [-0.25, -0.2) is 0 Å². The van der Waals surface area contributed by atoms with E-state index in [1.165, 1.54) is 0 Å². The minimum Gasteiger partial charge on any atom is -0.299 e. The summed E-state index contributed by atoms with van der Waals surface area (Å²) in [5.41, 5.74) is 0. The molecule has 70 valence electrons. The second-order valence-corrected chi connectivity index (χ2v) is 3.51. The second kappa shape index (κ2) is 4.81. The van der Waals surface area contributed by atoms with Gasteiger partial charge in [0, 0.05) is 18.8 Å². The van der Waals surface area contributed by atoms with E-state index in [1.807, 2.05) is 0 Å². The quantitative estimate of drug-likeness (QED) is 0.374. The van der Waals surface area contributed by atoms with Gasteiger partial charge in [0.1, 0.15) is 11.6 Å². The Balaban J connectivity index is 2.31. The highest BCUT2D eigenvalue weighted by Gasteiger charge is 2.25. The highest BCUT2D eigenvalue weighted by Crippen LogP contribution is 2.22. The molecule has 0 heterocycles.